The van der Waals surface area contributed by atoms with Gasteiger partial charge in [-0.15, -0.1) is 0 Å². The lowest BCUT2D eigenvalue weighted by Gasteiger charge is -2.12. The topological polar surface area (TPSA) is 81.4 Å². The van der Waals surface area contributed by atoms with Crippen molar-refractivity contribution in [1.82, 2.24) is 0 Å². The maximum absolute atomic E-state index is 13.1. The largest absolute Gasteiger partial charge is 0.495 e. The van der Waals surface area contributed by atoms with Crippen LogP contribution < -0.4 is 15.2 Å². The Hall–Kier alpha value is -1.80. The molecule has 0 fully saturated rings. The standard InChI is InChI=1S/C13H12BrFN2O3S/c1-20-12-5-2-8(14)6-13(12)21(18,19)17-9-3-4-10(15)11(16)7-9/h2-7,17H,16H2,1H3. The van der Waals surface area contributed by atoms with Crippen LogP contribution in [0.4, 0.5) is 15.8 Å². The molecule has 0 atom stereocenters. The lowest BCUT2D eigenvalue weighted by atomic mass is 10.3. The second kappa shape index (κ2) is 5.90. The van der Waals surface area contributed by atoms with E-state index >= 15 is 0 Å². The van der Waals surface area contributed by atoms with E-state index in [4.69, 9.17) is 10.5 Å². The molecule has 0 bridgehead atoms. The molecular weight excluding hydrogens is 363 g/mol. The number of sulfonamides is 1. The van der Waals surface area contributed by atoms with Crippen molar-refractivity contribution < 1.29 is 17.5 Å². The van der Waals surface area contributed by atoms with Gasteiger partial charge in [-0.25, -0.2) is 12.8 Å². The monoisotopic (exact) mass is 374 g/mol. The molecular formula is C13H12BrFN2O3S. The highest BCUT2D eigenvalue weighted by molar-refractivity contribution is 9.10. The Labute approximate surface area is 130 Å². The Bertz CT molecular complexity index is 781. The van der Waals surface area contributed by atoms with Crippen LogP contribution in [-0.2, 0) is 10.0 Å². The second-order valence-corrected chi connectivity index (χ2v) is 6.70. The lowest BCUT2D eigenvalue weighted by molar-refractivity contribution is 0.403. The van der Waals surface area contributed by atoms with Crippen LogP contribution in [0.15, 0.2) is 45.8 Å². The third-order valence-corrected chi connectivity index (χ3v) is 4.56. The summed E-state index contributed by atoms with van der Waals surface area (Å²) in [4.78, 5) is -0.0396. The van der Waals surface area contributed by atoms with Crippen LogP contribution in [0.3, 0.4) is 0 Å². The molecule has 2 aromatic carbocycles. The summed E-state index contributed by atoms with van der Waals surface area (Å²) in [6, 6.07) is 8.18. The fourth-order valence-electron chi connectivity index (χ4n) is 1.68. The van der Waals surface area contributed by atoms with Crippen LogP contribution in [0.2, 0.25) is 0 Å². The smallest absolute Gasteiger partial charge is 0.265 e. The zero-order chi connectivity index (χ0) is 15.6. The molecule has 0 aromatic heterocycles. The van der Waals surface area contributed by atoms with Crippen molar-refractivity contribution >= 4 is 37.3 Å². The first-order valence-electron chi connectivity index (χ1n) is 5.75. The van der Waals surface area contributed by atoms with E-state index in [0.717, 1.165) is 6.07 Å². The molecule has 0 heterocycles. The van der Waals surface area contributed by atoms with Gasteiger partial charge in [-0.3, -0.25) is 4.72 Å². The lowest BCUT2D eigenvalue weighted by Crippen LogP contribution is -2.14. The molecule has 0 saturated carbocycles. The molecule has 0 radical (unpaired) electrons. The molecule has 3 N–H and O–H groups in total. The van der Waals surface area contributed by atoms with E-state index in [9.17, 15) is 12.8 Å². The van der Waals surface area contributed by atoms with Gasteiger partial charge in [0.15, 0.2) is 0 Å². The van der Waals surface area contributed by atoms with Crippen LogP contribution in [-0.4, -0.2) is 15.5 Å². The average Bonchev–Trinajstić information content (AvgIpc) is 2.42. The normalized spacial score (nSPS) is 11.2. The number of anilines is 2. The van der Waals surface area contributed by atoms with Crippen LogP contribution >= 0.6 is 15.9 Å². The van der Waals surface area contributed by atoms with Crippen LogP contribution in [0.25, 0.3) is 0 Å². The van der Waals surface area contributed by atoms with E-state index in [1.807, 2.05) is 0 Å². The third kappa shape index (κ3) is 3.45. The van der Waals surface area contributed by atoms with Gasteiger partial charge in [0, 0.05) is 4.47 Å². The van der Waals surface area contributed by atoms with Gasteiger partial charge in [-0.2, -0.15) is 0 Å². The van der Waals surface area contributed by atoms with Crippen molar-refractivity contribution in [3.63, 3.8) is 0 Å². The molecule has 0 amide bonds. The fraction of sp³-hybridized carbons (Fsp3) is 0.0769. The number of nitrogens with one attached hydrogen (secondary N) is 1. The molecule has 8 heteroatoms. The molecule has 2 aromatic rings. The number of methoxy groups -OCH3 is 1. The molecule has 0 aliphatic rings. The number of halogens is 2. The summed E-state index contributed by atoms with van der Waals surface area (Å²) in [7, 11) is -2.52. The van der Waals surface area contributed by atoms with E-state index in [-0.39, 0.29) is 22.0 Å². The number of ether oxygens (including phenoxy) is 1. The molecule has 0 aliphatic carbocycles. The number of hydrogen-bond donors (Lipinski definition) is 2. The van der Waals surface area contributed by atoms with Crippen LogP contribution in [0.5, 0.6) is 5.75 Å². The minimum Gasteiger partial charge on any atom is -0.495 e. The van der Waals surface area contributed by atoms with E-state index in [2.05, 4.69) is 20.7 Å². The number of rotatable bonds is 4. The van der Waals surface area contributed by atoms with E-state index in [1.165, 1.54) is 31.4 Å². The highest BCUT2D eigenvalue weighted by Crippen LogP contribution is 2.29. The molecule has 0 aliphatic heterocycles. The summed E-state index contributed by atoms with van der Waals surface area (Å²) in [5, 5.41) is 0. The quantitative estimate of drug-likeness (QED) is 0.806. The Kier molecular flexibility index (Phi) is 4.38. The average molecular weight is 375 g/mol. The zero-order valence-corrected chi connectivity index (χ0v) is 13.3. The molecule has 5 nitrogen and oxygen atoms in total. The summed E-state index contributed by atoms with van der Waals surface area (Å²) in [5.41, 5.74) is 5.44. The minimum atomic E-state index is -3.89. The van der Waals surface area contributed by atoms with Gasteiger partial charge >= 0.3 is 0 Å². The first-order chi connectivity index (χ1) is 9.83. The Morgan fingerprint density at radius 3 is 2.57 bits per heavy atom. The van der Waals surface area contributed by atoms with Gasteiger partial charge in [0.1, 0.15) is 16.5 Å². The molecule has 112 valence electrons. The van der Waals surface area contributed by atoms with Gasteiger partial charge in [0.2, 0.25) is 0 Å². The van der Waals surface area contributed by atoms with Crippen molar-refractivity contribution in [2.75, 3.05) is 17.6 Å². The highest BCUT2D eigenvalue weighted by atomic mass is 79.9. The molecule has 0 spiro atoms. The van der Waals surface area contributed by atoms with Gasteiger partial charge < -0.3 is 10.5 Å². The summed E-state index contributed by atoms with van der Waals surface area (Å²) in [6.07, 6.45) is 0. The van der Waals surface area contributed by atoms with Crippen molar-refractivity contribution in [1.29, 1.82) is 0 Å². The summed E-state index contributed by atoms with van der Waals surface area (Å²) in [6.45, 7) is 0. The minimum absolute atomic E-state index is 0.0396. The van der Waals surface area contributed by atoms with Crippen LogP contribution in [0.1, 0.15) is 0 Å². The van der Waals surface area contributed by atoms with Crippen molar-refractivity contribution in [2.24, 2.45) is 0 Å². The van der Waals surface area contributed by atoms with E-state index < -0.39 is 15.8 Å². The van der Waals surface area contributed by atoms with E-state index in [0.29, 0.717) is 4.47 Å². The number of benzene rings is 2. The summed E-state index contributed by atoms with van der Waals surface area (Å²) < 4.78 is 45.8. The summed E-state index contributed by atoms with van der Waals surface area (Å²) >= 11 is 3.21. The van der Waals surface area contributed by atoms with Crippen molar-refractivity contribution in [3.8, 4) is 5.75 Å². The molecule has 0 unspecified atom stereocenters. The fourth-order valence-corrected chi connectivity index (χ4v) is 3.44. The third-order valence-electron chi connectivity index (χ3n) is 2.66. The predicted octanol–water partition coefficient (Wildman–Crippen LogP) is 2.98. The molecule has 21 heavy (non-hydrogen) atoms. The Morgan fingerprint density at radius 2 is 1.95 bits per heavy atom. The van der Waals surface area contributed by atoms with E-state index in [1.54, 1.807) is 6.07 Å². The number of nitrogens with two attached hydrogens (primary N) is 1. The van der Waals surface area contributed by atoms with Gasteiger partial charge in [-0.05, 0) is 36.4 Å². The SMILES string of the molecule is COc1ccc(Br)cc1S(=O)(=O)Nc1ccc(F)c(N)c1. The Morgan fingerprint density at radius 1 is 1.24 bits per heavy atom. The number of hydrogen-bond acceptors (Lipinski definition) is 4. The maximum Gasteiger partial charge on any atom is 0.265 e. The van der Waals surface area contributed by atoms with Gasteiger partial charge in [0.05, 0.1) is 18.5 Å². The molecule has 2 rings (SSSR count). The van der Waals surface area contributed by atoms with Crippen LogP contribution in [0, 0.1) is 5.82 Å². The second-order valence-electron chi connectivity index (χ2n) is 4.14. The first kappa shape index (κ1) is 15.6. The predicted molar refractivity (Wildman–Crippen MR) is 82.3 cm³/mol. The van der Waals surface area contributed by atoms with Gasteiger partial charge in [0.25, 0.3) is 10.0 Å². The Balaban J connectivity index is 2.42. The zero-order valence-electron chi connectivity index (χ0n) is 10.9. The highest BCUT2D eigenvalue weighted by Gasteiger charge is 2.20. The molecule has 0 saturated heterocycles. The van der Waals surface area contributed by atoms with Crippen molar-refractivity contribution in [3.05, 3.63) is 46.7 Å². The summed E-state index contributed by atoms with van der Waals surface area (Å²) in [5.74, 6) is -0.418. The maximum atomic E-state index is 13.1. The van der Waals surface area contributed by atoms with Gasteiger partial charge in [-0.1, -0.05) is 15.9 Å². The number of nitrogen functional groups attached to an aromatic ring is 1. The van der Waals surface area contributed by atoms with Crippen molar-refractivity contribution in [2.45, 2.75) is 4.90 Å². The first-order valence-corrected chi connectivity index (χ1v) is 8.02.